The van der Waals surface area contributed by atoms with E-state index in [0.29, 0.717) is 17.5 Å². The molecule has 312 valence electrons. The minimum absolute atomic E-state index is 0.563. The van der Waals surface area contributed by atoms with Crippen molar-refractivity contribution in [1.82, 2.24) is 24.1 Å². The van der Waals surface area contributed by atoms with Crippen molar-refractivity contribution in [2.24, 2.45) is 0 Å². The molecule has 0 bridgehead atoms. The van der Waals surface area contributed by atoms with Gasteiger partial charge in [0.1, 0.15) is 5.58 Å². The second kappa shape index (κ2) is 14.7. The molecule has 0 aliphatic rings. The molecule has 0 radical (unpaired) electrons. The first-order chi connectivity index (χ1) is 33.2. The summed E-state index contributed by atoms with van der Waals surface area (Å²) < 4.78 is 11.7. The van der Waals surface area contributed by atoms with E-state index in [9.17, 15) is 0 Å². The third kappa shape index (κ3) is 5.86. The van der Waals surface area contributed by atoms with E-state index in [1.54, 1.807) is 0 Å². The number of hydrogen-bond donors (Lipinski definition) is 0. The van der Waals surface area contributed by atoms with Crippen LogP contribution in [0.2, 0.25) is 0 Å². The predicted molar refractivity (Wildman–Crippen MR) is 275 cm³/mol. The van der Waals surface area contributed by atoms with E-state index in [0.717, 1.165) is 94.0 Å². The Balaban J connectivity index is 1.03. The molecule has 0 atom stereocenters. The minimum Gasteiger partial charge on any atom is -0.454 e. The maximum atomic E-state index is 6.98. The predicted octanol–water partition coefficient (Wildman–Crippen LogP) is 15.8. The molecule has 67 heavy (non-hydrogen) atoms. The average Bonchev–Trinajstić information content (AvgIpc) is 4.06. The SMILES string of the molecule is c1ccc(-c2cccc(-c3nc(-c4ccc5c(c4)c4ccccc4n5-c4ccccc4)nc(-c4ccc(-n5c6ccccc6c6cc7ccccc7cc65)c5oc6ccccc6c45)n3)c2)cc1. The molecular formula is C61H37N5O. The summed E-state index contributed by atoms with van der Waals surface area (Å²) in [6.45, 7) is 0. The largest absolute Gasteiger partial charge is 0.454 e. The first-order valence-electron chi connectivity index (χ1n) is 22.6. The van der Waals surface area contributed by atoms with Gasteiger partial charge >= 0.3 is 0 Å². The van der Waals surface area contributed by atoms with Crippen LogP contribution in [0.5, 0.6) is 0 Å². The van der Waals surface area contributed by atoms with Crippen LogP contribution in [-0.2, 0) is 0 Å². The van der Waals surface area contributed by atoms with Gasteiger partial charge in [0, 0.05) is 54.7 Å². The Morgan fingerprint density at radius 3 is 1.67 bits per heavy atom. The second-order valence-corrected chi connectivity index (χ2v) is 17.2. The van der Waals surface area contributed by atoms with Gasteiger partial charge in [-0.1, -0.05) is 146 Å². The zero-order valence-electron chi connectivity index (χ0n) is 36.0. The maximum Gasteiger partial charge on any atom is 0.164 e. The molecule has 14 rings (SSSR count). The Labute approximate surface area is 384 Å². The van der Waals surface area contributed by atoms with Crippen molar-refractivity contribution in [3.8, 4) is 56.7 Å². The van der Waals surface area contributed by atoms with Gasteiger partial charge in [0.15, 0.2) is 23.1 Å². The Kier molecular flexibility index (Phi) is 8.18. The Bertz CT molecular complexity index is 4280. The van der Waals surface area contributed by atoms with E-state index >= 15 is 0 Å². The number of nitrogens with zero attached hydrogens (tertiary/aromatic N) is 5. The average molecular weight is 856 g/mol. The molecule has 4 heterocycles. The number of fused-ring (bicyclic) bond motifs is 10. The smallest absolute Gasteiger partial charge is 0.164 e. The second-order valence-electron chi connectivity index (χ2n) is 17.2. The van der Waals surface area contributed by atoms with E-state index in [1.165, 1.54) is 21.5 Å². The highest BCUT2D eigenvalue weighted by molar-refractivity contribution is 6.18. The molecule has 0 saturated heterocycles. The Morgan fingerprint density at radius 2 is 0.896 bits per heavy atom. The molecule has 0 N–H and O–H groups in total. The minimum atomic E-state index is 0.563. The molecule has 4 aromatic heterocycles. The first-order valence-corrected chi connectivity index (χ1v) is 22.6. The van der Waals surface area contributed by atoms with Crippen molar-refractivity contribution in [2.45, 2.75) is 0 Å². The lowest BCUT2D eigenvalue weighted by Crippen LogP contribution is -2.01. The molecule has 0 aliphatic carbocycles. The standard InChI is InChI=1S/C61H37N5O/c1-3-16-38(17-4-1)39-20-15-21-42(34-39)59-62-60(43-30-32-53-49(36-43)45-24-9-12-27-51(45)65(53)44-22-5-2-6-23-44)64-61(63-59)48-31-33-54(58-57(48)47-26-11-14-29-56(47)67-58)66-52-28-13-10-25-46(52)50-35-40-18-7-8-19-41(40)37-55(50)66/h1-37H. The van der Waals surface area contributed by atoms with Crippen LogP contribution in [0.1, 0.15) is 0 Å². The van der Waals surface area contributed by atoms with Crippen molar-refractivity contribution >= 4 is 76.3 Å². The molecule has 0 fully saturated rings. The molecule has 0 spiro atoms. The highest BCUT2D eigenvalue weighted by atomic mass is 16.3. The summed E-state index contributed by atoms with van der Waals surface area (Å²) in [6, 6.07) is 79.1. The highest BCUT2D eigenvalue weighted by Crippen LogP contribution is 2.43. The third-order valence-electron chi connectivity index (χ3n) is 13.3. The molecule has 0 amide bonds. The molecular weight excluding hydrogens is 819 g/mol. The fourth-order valence-electron chi connectivity index (χ4n) is 10.3. The van der Waals surface area contributed by atoms with E-state index in [2.05, 4.69) is 215 Å². The summed E-state index contributed by atoms with van der Waals surface area (Å²) in [7, 11) is 0. The van der Waals surface area contributed by atoms with Crippen LogP contribution >= 0.6 is 0 Å². The van der Waals surface area contributed by atoms with Crippen LogP contribution < -0.4 is 0 Å². The maximum absolute atomic E-state index is 6.98. The zero-order chi connectivity index (χ0) is 44.0. The lowest BCUT2D eigenvalue weighted by molar-refractivity contribution is 0.666. The van der Waals surface area contributed by atoms with Gasteiger partial charge in [0.2, 0.25) is 0 Å². The fourth-order valence-corrected chi connectivity index (χ4v) is 10.3. The van der Waals surface area contributed by atoms with E-state index in [4.69, 9.17) is 19.4 Å². The van der Waals surface area contributed by atoms with Crippen molar-refractivity contribution in [2.75, 3.05) is 0 Å². The normalized spacial score (nSPS) is 11.9. The summed E-state index contributed by atoms with van der Waals surface area (Å²) >= 11 is 0. The summed E-state index contributed by atoms with van der Waals surface area (Å²) in [6.07, 6.45) is 0. The number of para-hydroxylation sites is 4. The number of benzene rings is 10. The van der Waals surface area contributed by atoms with E-state index in [-0.39, 0.29) is 0 Å². The number of hydrogen-bond acceptors (Lipinski definition) is 4. The van der Waals surface area contributed by atoms with Gasteiger partial charge in [0.25, 0.3) is 0 Å². The van der Waals surface area contributed by atoms with Gasteiger partial charge in [-0.25, -0.2) is 15.0 Å². The van der Waals surface area contributed by atoms with Gasteiger partial charge in [-0.15, -0.1) is 0 Å². The lowest BCUT2D eigenvalue weighted by atomic mass is 10.0. The molecule has 14 aromatic rings. The number of aromatic nitrogens is 5. The van der Waals surface area contributed by atoms with E-state index in [1.807, 2.05) is 18.2 Å². The molecule has 6 nitrogen and oxygen atoms in total. The lowest BCUT2D eigenvalue weighted by Gasteiger charge is -2.13. The van der Waals surface area contributed by atoms with Crippen LogP contribution in [0.25, 0.3) is 133 Å². The molecule has 0 unspecified atom stereocenters. The quantitative estimate of drug-likeness (QED) is 0.167. The zero-order valence-corrected chi connectivity index (χ0v) is 36.0. The van der Waals surface area contributed by atoms with Crippen molar-refractivity contribution in [1.29, 1.82) is 0 Å². The third-order valence-corrected chi connectivity index (χ3v) is 13.3. The monoisotopic (exact) mass is 855 g/mol. The van der Waals surface area contributed by atoms with Gasteiger partial charge < -0.3 is 13.6 Å². The number of furan rings is 1. The van der Waals surface area contributed by atoms with Gasteiger partial charge in [-0.3, -0.25) is 0 Å². The van der Waals surface area contributed by atoms with Crippen molar-refractivity contribution in [3.05, 3.63) is 224 Å². The molecule has 0 saturated carbocycles. The summed E-state index contributed by atoms with van der Waals surface area (Å²) in [5, 5.41) is 8.99. The van der Waals surface area contributed by atoms with Gasteiger partial charge in [0.05, 0.1) is 27.8 Å². The van der Waals surface area contributed by atoms with Gasteiger partial charge in [-0.05, 0) is 101 Å². The summed E-state index contributed by atoms with van der Waals surface area (Å²) in [5.74, 6) is 1.74. The first kappa shape index (κ1) is 37.3. The van der Waals surface area contributed by atoms with Crippen molar-refractivity contribution in [3.63, 3.8) is 0 Å². The van der Waals surface area contributed by atoms with Crippen LogP contribution in [0.3, 0.4) is 0 Å². The molecule has 10 aromatic carbocycles. The fraction of sp³-hybridized carbons (Fsp3) is 0. The topological polar surface area (TPSA) is 61.7 Å². The van der Waals surface area contributed by atoms with Crippen molar-refractivity contribution < 1.29 is 4.42 Å². The number of rotatable bonds is 6. The molecule has 6 heteroatoms. The van der Waals surface area contributed by atoms with Crippen LogP contribution in [0.15, 0.2) is 229 Å². The summed E-state index contributed by atoms with van der Waals surface area (Å²) in [4.78, 5) is 16.1. The van der Waals surface area contributed by atoms with Crippen LogP contribution in [-0.4, -0.2) is 24.1 Å². The van der Waals surface area contributed by atoms with E-state index < -0.39 is 0 Å². The Morgan fingerprint density at radius 1 is 0.328 bits per heavy atom. The molecule has 0 aliphatic heterocycles. The van der Waals surface area contributed by atoms with Crippen LogP contribution in [0.4, 0.5) is 0 Å². The van der Waals surface area contributed by atoms with Crippen LogP contribution in [0, 0.1) is 0 Å². The Hall–Kier alpha value is -9.13. The van der Waals surface area contributed by atoms with Gasteiger partial charge in [-0.2, -0.15) is 0 Å². The highest BCUT2D eigenvalue weighted by Gasteiger charge is 2.24. The summed E-state index contributed by atoms with van der Waals surface area (Å²) in [5.41, 5.74) is 13.0.